The molecule has 0 fully saturated rings. The average Bonchev–Trinajstić information content (AvgIpc) is 3.12. The zero-order chi connectivity index (χ0) is 16.4. The third-order valence-corrected chi connectivity index (χ3v) is 5.01. The molecule has 0 saturated heterocycles. The highest BCUT2D eigenvalue weighted by molar-refractivity contribution is 7.10. The lowest BCUT2D eigenvalue weighted by molar-refractivity contribution is 0.0238. The highest BCUT2D eigenvalue weighted by Crippen LogP contribution is 2.33. The Bertz CT molecular complexity index is 694. The molecule has 124 valence electrons. The molecule has 6 nitrogen and oxygen atoms in total. The molecule has 2 amide bonds. The number of rotatable bonds is 4. The van der Waals surface area contributed by atoms with Crippen molar-refractivity contribution in [3.8, 4) is 0 Å². The molecule has 0 aromatic carbocycles. The number of hydrogen-bond acceptors (Lipinski definition) is 4. The van der Waals surface area contributed by atoms with Gasteiger partial charge in [-0.2, -0.15) is 5.10 Å². The lowest BCUT2D eigenvalue weighted by atomic mass is 10.0. The fourth-order valence-corrected chi connectivity index (χ4v) is 3.83. The standard InChI is InChI=1S/C16H22N4O2S/c1-4-12-13(9-20(3)19-12)18-16(21)17-10(2)15-11-6-8-23-14(11)5-7-22-15/h6,8-10,15H,4-5,7H2,1-3H3,(H2,17,18,21)/t10-,15-/m0/s1. The summed E-state index contributed by atoms with van der Waals surface area (Å²) in [5.41, 5.74) is 2.83. The van der Waals surface area contributed by atoms with E-state index in [1.807, 2.05) is 27.1 Å². The first kappa shape index (κ1) is 16.0. The summed E-state index contributed by atoms with van der Waals surface area (Å²) in [5, 5.41) is 12.3. The molecule has 2 aromatic rings. The Labute approximate surface area is 139 Å². The van der Waals surface area contributed by atoms with Crippen molar-refractivity contribution >= 4 is 23.1 Å². The fourth-order valence-electron chi connectivity index (χ4n) is 2.93. The predicted molar refractivity (Wildman–Crippen MR) is 90.9 cm³/mol. The summed E-state index contributed by atoms with van der Waals surface area (Å²) in [6, 6.07) is 1.76. The van der Waals surface area contributed by atoms with Gasteiger partial charge in [-0.25, -0.2) is 4.79 Å². The van der Waals surface area contributed by atoms with E-state index in [2.05, 4.69) is 27.2 Å². The van der Waals surface area contributed by atoms with Crippen LogP contribution in [0.15, 0.2) is 17.6 Å². The van der Waals surface area contributed by atoms with E-state index in [-0.39, 0.29) is 18.2 Å². The summed E-state index contributed by atoms with van der Waals surface area (Å²) in [6.45, 7) is 4.69. The maximum Gasteiger partial charge on any atom is 0.319 e. The third kappa shape index (κ3) is 3.40. The van der Waals surface area contributed by atoms with E-state index in [0.29, 0.717) is 6.61 Å². The van der Waals surface area contributed by atoms with Crippen LogP contribution in [0.25, 0.3) is 0 Å². The maximum atomic E-state index is 12.3. The van der Waals surface area contributed by atoms with Crippen LogP contribution in [0.3, 0.4) is 0 Å². The van der Waals surface area contributed by atoms with E-state index in [1.54, 1.807) is 16.0 Å². The van der Waals surface area contributed by atoms with Crippen molar-refractivity contribution in [2.24, 2.45) is 7.05 Å². The predicted octanol–water partition coefficient (Wildman–Crippen LogP) is 2.87. The number of nitrogens with one attached hydrogen (secondary N) is 2. The summed E-state index contributed by atoms with van der Waals surface area (Å²) in [6.07, 6.45) is 3.46. The normalized spacial score (nSPS) is 18.3. The van der Waals surface area contributed by atoms with E-state index in [4.69, 9.17) is 4.74 Å². The monoisotopic (exact) mass is 334 g/mol. The Kier molecular flexibility index (Phi) is 4.68. The van der Waals surface area contributed by atoms with Crippen LogP contribution in [0.4, 0.5) is 10.5 Å². The zero-order valence-electron chi connectivity index (χ0n) is 13.6. The number of thiophene rings is 1. The summed E-state index contributed by atoms with van der Waals surface area (Å²) < 4.78 is 7.58. The van der Waals surface area contributed by atoms with Gasteiger partial charge in [0.05, 0.1) is 24.0 Å². The van der Waals surface area contributed by atoms with Gasteiger partial charge in [-0.1, -0.05) is 6.92 Å². The molecule has 1 aliphatic rings. The number of aryl methyl sites for hydroxylation is 2. The first-order valence-electron chi connectivity index (χ1n) is 7.86. The minimum absolute atomic E-state index is 0.0877. The van der Waals surface area contributed by atoms with Crippen LogP contribution in [0.1, 0.15) is 36.1 Å². The van der Waals surface area contributed by atoms with Crippen molar-refractivity contribution in [2.45, 2.75) is 38.8 Å². The van der Waals surface area contributed by atoms with Crippen LogP contribution in [-0.4, -0.2) is 28.5 Å². The molecular formula is C16H22N4O2S. The largest absolute Gasteiger partial charge is 0.371 e. The zero-order valence-corrected chi connectivity index (χ0v) is 14.4. The van der Waals surface area contributed by atoms with E-state index in [1.165, 1.54) is 10.4 Å². The van der Waals surface area contributed by atoms with Crippen molar-refractivity contribution < 1.29 is 9.53 Å². The van der Waals surface area contributed by atoms with Crippen LogP contribution >= 0.6 is 11.3 Å². The van der Waals surface area contributed by atoms with E-state index in [0.717, 1.165) is 24.2 Å². The lowest BCUT2D eigenvalue weighted by Gasteiger charge is -2.29. The minimum Gasteiger partial charge on any atom is -0.371 e. The van der Waals surface area contributed by atoms with Gasteiger partial charge in [0.1, 0.15) is 6.10 Å². The van der Waals surface area contributed by atoms with Gasteiger partial charge in [-0.15, -0.1) is 11.3 Å². The van der Waals surface area contributed by atoms with E-state index in [9.17, 15) is 4.79 Å². The molecular weight excluding hydrogens is 312 g/mol. The average molecular weight is 334 g/mol. The Morgan fingerprint density at radius 1 is 1.61 bits per heavy atom. The lowest BCUT2D eigenvalue weighted by Crippen LogP contribution is -2.41. The van der Waals surface area contributed by atoms with Crippen molar-refractivity contribution in [3.63, 3.8) is 0 Å². The second-order valence-electron chi connectivity index (χ2n) is 5.74. The SMILES string of the molecule is CCc1nn(C)cc1NC(=O)N[C@@H](C)[C@@H]1OCCc2sccc21. The number of aromatic nitrogens is 2. The molecule has 0 bridgehead atoms. The van der Waals surface area contributed by atoms with Crippen LogP contribution in [0.5, 0.6) is 0 Å². The van der Waals surface area contributed by atoms with Gasteiger partial charge in [0, 0.05) is 24.5 Å². The number of ether oxygens (including phenoxy) is 1. The minimum atomic E-state index is -0.230. The van der Waals surface area contributed by atoms with Crippen LogP contribution in [-0.2, 0) is 24.6 Å². The number of hydrogen-bond donors (Lipinski definition) is 2. The smallest absolute Gasteiger partial charge is 0.319 e. The number of carbonyl (C=O) groups excluding carboxylic acids is 1. The number of amides is 2. The van der Waals surface area contributed by atoms with Crippen LogP contribution < -0.4 is 10.6 Å². The maximum absolute atomic E-state index is 12.3. The second kappa shape index (κ2) is 6.72. The van der Waals surface area contributed by atoms with Gasteiger partial charge in [0.2, 0.25) is 0 Å². The Hall–Kier alpha value is -1.86. The van der Waals surface area contributed by atoms with Crippen molar-refractivity contribution in [2.75, 3.05) is 11.9 Å². The molecule has 7 heteroatoms. The molecule has 2 atom stereocenters. The number of carbonyl (C=O) groups is 1. The molecule has 2 aromatic heterocycles. The molecule has 3 rings (SSSR count). The van der Waals surface area contributed by atoms with Gasteiger partial charge in [-0.05, 0) is 30.4 Å². The van der Waals surface area contributed by atoms with Gasteiger partial charge in [0.25, 0.3) is 0 Å². The van der Waals surface area contributed by atoms with E-state index < -0.39 is 0 Å². The number of urea groups is 1. The number of anilines is 1. The number of fused-ring (bicyclic) bond motifs is 1. The quantitative estimate of drug-likeness (QED) is 0.903. The number of nitrogens with zero attached hydrogens (tertiary/aromatic N) is 2. The second-order valence-corrected chi connectivity index (χ2v) is 6.75. The highest BCUT2D eigenvalue weighted by atomic mass is 32.1. The molecule has 0 radical (unpaired) electrons. The molecule has 0 spiro atoms. The van der Waals surface area contributed by atoms with Gasteiger partial charge >= 0.3 is 6.03 Å². The topological polar surface area (TPSA) is 68.2 Å². The Morgan fingerprint density at radius 3 is 3.22 bits per heavy atom. The molecule has 23 heavy (non-hydrogen) atoms. The fraction of sp³-hybridized carbons (Fsp3) is 0.500. The molecule has 0 aliphatic carbocycles. The first-order chi connectivity index (χ1) is 11.1. The highest BCUT2D eigenvalue weighted by Gasteiger charge is 2.28. The van der Waals surface area contributed by atoms with Crippen LogP contribution in [0, 0.1) is 0 Å². The Balaban J connectivity index is 1.64. The van der Waals surface area contributed by atoms with Crippen molar-refractivity contribution in [3.05, 3.63) is 33.8 Å². The molecule has 3 heterocycles. The van der Waals surface area contributed by atoms with Crippen molar-refractivity contribution in [1.29, 1.82) is 0 Å². The summed E-state index contributed by atoms with van der Waals surface area (Å²) in [5.74, 6) is 0. The summed E-state index contributed by atoms with van der Waals surface area (Å²) in [7, 11) is 1.85. The molecule has 0 unspecified atom stereocenters. The third-order valence-electron chi connectivity index (χ3n) is 4.01. The summed E-state index contributed by atoms with van der Waals surface area (Å²) in [4.78, 5) is 13.6. The van der Waals surface area contributed by atoms with Crippen molar-refractivity contribution in [1.82, 2.24) is 15.1 Å². The molecule has 2 N–H and O–H groups in total. The van der Waals surface area contributed by atoms with Gasteiger partial charge in [-0.3, -0.25) is 4.68 Å². The molecule has 1 aliphatic heterocycles. The van der Waals surface area contributed by atoms with Gasteiger partial charge in [0.15, 0.2) is 0 Å². The summed E-state index contributed by atoms with van der Waals surface area (Å²) >= 11 is 1.76. The molecule has 0 saturated carbocycles. The van der Waals surface area contributed by atoms with Crippen LogP contribution in [0.2, 0.25) is 0 Å². The van der Waals surface area contributed by atoms with Gasteiger partial charge < -0.3 is 15.4 Å². The first-order valence-corrected chi connectivity index (χ1v) is 8.74. The van der Waals surface area contributed by atoms with E-state index >= 15 is 0 Å². The Morgan fingerprint density at radius 2 is 2.43 bits per heavy atom.